The quantitative estimate of drug-likeness (QED) is 0.794. The second-order valence-electron chi connectivity index (χ2n) is 5.70. The summed E-state index contributed by atoms with van der Waals surface area (Å²) in [6.07, 6.45) is -0.0443. The topological polar surface area (TPSA) is 64.6 Å². The maximum atomic E-state index is 13.8. The Morgan fingerprint density at radius 3 is 2.42 bits per heavy atom. The fraction of sp³-hybridized carbons (Fsp3) is 0.263. The highest BCUT2D eigenvalue weighted by molar-refractivity contribution is 5.94. The third kappa shape index (κ3) is 4.78. The minimum absolute atomic E-state index is 0.0443. The predicted molar refractivity (Wildman–Crippen MR) is 92.4 cm³/mol. The van der Waals surface area contributed by atoms with Gasteiger partial charge in [0.1, 0.15) is 17.4 Å². The van der Waals surface area contributed by atoms with Crippen LogP contribution in [-0.2, 0) is 9.53 Å². The number of hydrogen-bond donors (Lipinski definition) is 1. The molecule has 1 N–H and O–H groups in total. The molecule has 0 saturated heterocycles. The highest BCUT2D eigenvalue weighted by Gasteiger charge is 2.17. The molecule has 0 heterocycles. The summed E-state index contributed by atoms with van der Waals surface area (Å²) in [6, 6.07) is 6.98. The molecule has 0 spiro atoms. The van der Waals surface area contributed by atoms with E-state index in [1.165, 1.54) is 0 Å². The zero-order valence-electron chi connectivity index (χ0n) is 14.7. The molecular weight excluding hydrogens is 344 g/mol. The Morgan fingerprint density at radius 2 is 1.77 bits per heavy atom. The van der Waals surface area contributed by atoms with Crippen molar-refractivity contribution in [2.75, 3.05) is 19.0 Å². The number of ether oxygens (including phenoxy) is 2. The van der Waals surface area contributed by atoms with Gasteiger partial charge in [0, 0.05) is 6.07 Å². The first kappa shape index (κ1) is 19.4. The summed E-state index contributed by atoms with van der Waals surface area (Å²) in [7, 11) is 1.08. The molecule has 0 aliphatic heterocycles. The largest absolute Gasteiger partial charge is 0.493 e. The molecule has 2 rings (SSSR count). The molecule has 0 aromatic heterocycles. The number of rotatable bonds is 6. The first-order chi connectivity index (χ1) is 12.3. The standard InChI is InChI=1S/C19H19F2NO4/c1-11-4-5-13(8-12(11)2)26-7-6-18(23)22-17-9-14(19(24)25-3)15(20)10-16(17)21/h4-5,8-10H,6-7H2,1-3H3,(H,22,23). The average Bonchev–Trinajstić information content (AvgIpc) is 2.59. The first-order valence-corrected chi connectivity index (χ1v) is 7.89. The van der Waals surface area contributed by atoms with Crippen LogP contribution in [0.4, 0.5) is 14.5 Å². The molecule has 0 saturated carbocycles. The number of hydrogen-bond acceptors (Lipinski definition) is 4. The van der Waals surface area contributed by atoms with E-state index >= 15 is 0 Å². The molecule has 0 aliphatic carbocycles. The monoisotopic (exact) mass is 363 g/mol. The summed E-state index contributed by atoms with van der Waals surface area (Å²) in [5.74, 6) is -2.92. The van der Waals surface area contributed by atoms with Crippen molar-refractivity contribution >= 4 is 17.6 Å². The number of nitrogens with one attached hydrogen (secondary N) is 1. The van der Waals surface area contributed by atoms with Crippen molar-refractivity contribution in [3.8, 4) is 5.75 Å². The molecule has 138 valence electrons. The summed E-state index contributed by atoms with van der Waals surface area (Å²) in [6.45, 7) is 4.01. The number of carbonyl (C=O) groups is 2. The van der Waals surface area contributed by atoms with Crippen molar-refractivity contribution in [1.29, 1.82) is 0 Å². The Kier molecular flexibility index (Phi) is 6.27. The molecule has 1 amide bonds. The van der Waals surface area contributed by atoms with E-state index in [9.17, 15) is 18.4 Å². The molecule has 0 unspecified atom stereocenters. The Bertz CT molecular complexity index is 837. The van der Waals surface area contributed by atoms with Gasteiger partial charge in [-0.05, 0) is 43.2 Å². The van der Waals surface area contributed by atoms with Gasteiger partial charge in [-0.15, -0.1) is 0 Å². The second kappa shape index (κ2) is 8.42. The van der Waals surface area contributed by atoms with Crippen LogP contribution in [0.1, 0.15) is 27.9 Å². The Labute approximate surface area is 149 Å². The fourth-order valence-electron chi connectivity index (χ4n) is 2.19. The van der Waals surface area contributed by atoms with Crippen LogP contribution in [-0.4, -0.2) is 25.6 Å². The van der Waals surface area contributed by atoms with Gasteiger partial charge in [0.05, 0.1) is 31.4 Å². The molecule has 2 aromatic rings. The first-order valence-electron chi connectivity index (χ1n) is 7.89. The maximum Gasteiger partial charge on any atom is 0.340 e. The van der Waals surface area contributed by atoms with E-state index in [-0.39, 0.29) is 18.7 Å². The molecular formula is C19H19F2NO4. The molecule has 0 atom stereocenters. The smallest absolute Gasteiger partial charge is 0.340 e. The third-order valence-corrected chi connectivity index (χ3v) is 3.81. The van der Waals surface area contributed by atoms with Crippen LogP contribution in [0.5, 0.6) is 5.75 Å². The van der Waals surface area contributed by atoms with Crippen LogP contribution >= 0.6 is 0 Å². The van der Waals surface area contributed by atoms with Crippen LogP contribution < -0.4 is 10.1 Å². The Balaban J connectivity index is 1.97. The van der Waals surface area contributed by atoms with Gasteiger partial charge in [0.25, 0.3) is 0 Å². The van der Waals surface area contributed by atoms with Crippen LogP contribution in [0.3, 0.4) is 0 Å². The number of aryl methyl sites for hydroxylation is 2. The van der Waals surface area contributed by atoms with Crippen molar-refractivity contribution in [2.45, 2.75) is 20.3 Å². The lowest BCUT2D eigenvalue weighted by molar-refractivity contribution is -0.116. The molecule has 26 heavy (non-hydrogen) atoms. The predicted octanol–water partition coefficient (Wildman–Crippen LogP) is 3.78. The molecule has 0 bridgehead atoms. The van der Waals surface area contributed by atoms with Crippen molar-refractivity contribution in [3.63, 3.8) is 0 Å². The number of benzene rings is 2. The summed E-state index contributed by atoms with van der Waals surface area (Å²) in [5.41, 5.74) is 1.43. The third-order valence-electron chi connectivity index (χ3n) is 3.81. The number of esters is 1. The number of carbonyl (C=O) groups excluding carboxylic acids is 2. The average molecular weight is 363 g/mol. The zero-order valence-corrected chi connectivity index (χ0v) is 14.7. The number of amides is 1. The zero-order chi connectivity index (χ0) is 19.3. The van der Waals surface area contributed by atoms with Crippen molar-refractivity contribution < 1.29 is 27.8 Å². The van der Waals surface area contributed by atoms with E-state index in [4.69, 9.17) is 4.74 Å². The van der Waals surface area contributed by atoms with E-state index in [0.29, 0.717) is 11.8 Å². The highest BCUT2D eigenvalue weighted by atomic mass is 19.1. The molecule has 0 aliphatic rings. The summed E-state index contributed by atoms with van der Waals surface area (Å²) in [5, 5.41) is 2.30. The van der Waals surface area contributed by atoms with Gasteiger partial charge in [-0.2, -0.15) is 0 Å². The van der Waals surface area contributed by atoms with Gasteiger partial charge >= 0.3 is 5.97 Å². The number of anilines is 1. The lowest BCUT2D eigenvalue weighted by Gasteiger charge is -2.10. The van der Waals surface area contributed by atoms with Gasteiger partial charge in [-0.25, -0.2) is 13.6 Å². The van der Waals surface area contributed by atoms with Crippen molar-refractivity contribution in [1.82, 2.24) is 0 Å². The minimum Gasteiger partial charge on any atom is -0.493 e. The van der Waals surface area contributed by atoms with Crippen LogP contribution in [0.15, 0.2) is 30.3 Å². The molecule has 5 nitrogen and oxygen atoms in total. The molecule has 2 aromatic carbocycles. The van der Waals surface area contributed by atoms with Gasteiger partial charge < -0.3 is 14.8 Å². The van der Waals surface area contributed by atoms with E-state index in [2.05, 4.69) is 10.1 Å². The number of halogens is 2. The summed E-state index contributed by atoms with van der Waals surface area (Å²) < 4.78 is 37.3. The van der Waals surface area contributed by atoms with Crippen molar-refractivity contribution in [2.24, 2.45) is 0 Å². The van der Waals surface area contributed by atoms with Crippen LogP contribution in [0, 0.1) is 25.5 Å². The lowest BCUT2D eigenvalue weighted by atomic mass is 10.1. The van der Waals surface area contributed by atoms with Gasteiger partial charge in [0.15, 0.2) is 0 Å². The molecule has 7 heteroatoms. The highest BCUT2D eigenvalue weighted by Crippen LogP contribution is 2.21. The molecule has 0 fully saturated rings. The Hall–Kier alpha value is -2.96. The lowest BCUT2D eigenvalue weighted by Crippen LogP contribution is -2.17. The van der Waals surface area contributed by atoms with Gasteiger partial charge in [-0.3, -0.25) is 4.79 Å². The van der Waals surface area contributed by atoms with Crippen LogP contribution in [0.25, 0.3) is 0 Å². The van der Waals surface area contributed by atoms with Gasteiger partial charge in [0.2, 0.25) is 5.91 Å². The summed E-state index contributed by atoms with van der Waals surface area (Å²) in [4.78, 5) is 23.4. The van der Waals surface area contributed by atoms with E-state index in [1.807, 2.05) is 26.0 Å². The SMILES string of the molecule is COC(=O)c1cc(NC(=O)CCOc2ccc(C)c(C)c2)c(F)cc1F. The van der Waals surface area contributed by atoms with Crippen LogP contribution in [0.2, 0.25) is 0 Å². The second-order valence-corrected chi connectivity index (χ2v) is 5.70. The van der Waals surface area contributed by atoms with Crippen molar-refractivity contribution in [3.05, 3.63) is 58.7 Å². The van der Waals surface area contributed by atoms with E-state index < -0.39 is 29.1 Å². The Morgan fingerprint density at radius 1 is 1.04 bits per heavy atom. The van der Waals surface area contributed by atoms with E-state index in [1.54, 1.807) is 6.07 Å². The maximum absolute atomic E-state index is 13.8. The minimum atomic E-state index is -1.06. The molecule has 0 radical (unpaired) electrons. The summed E-state index contributed by atoms with van der Waals surface area (Å²) >= 11 is 0. The van der Waals surface area contributed by atoms with Gasteiger partial charge in [-0.1, -0.05) is 6.07 Å². The normalized spacial score (nSPS) is 10.3. The number of methoxy groups -OCH3 is 1. The fourth-order valence-corrected chi connectivity index (χ4v) is 2.19. The van der Waals surface area contributed by atoms with E-state index in [0.717, 1.165) is 24.3 Å².